The summed E-state index contributed by atoms with van der Waals surface area (Å²) in [5.41, 5.74) is 0.427. The van der Waals surface area contributed by atoms with Crippen LogP contribution in [0.25, 0.3) is 0 Å². The highest BCUT2D eigenvalue weighted by molar-refractivity contribution is 14.1. The molecule has 0 saturated carbocycles. The van der Waals surface area contributed by atoms with E-state index >= 15 is 0 Å². The summed E-state index contributed by atoms with van der Waals surface area (Å²) in [5.74, 6) is 0. The number of halogens is 3. The van der Waals surface area contributed by atoms with Gasteiger partial charge in [-0.2, -0.15) is 0 Å². The lowest BCUT2D eigenvalue weighted by Gasteiger charge is -2.07. The van der Waals surface area contributed by atoms with Crippen molar-refractivity contribution in [2.75, 3.05) is 12.4 Å². The number of nitrogens with zero attached hydrogens (tertiary/aromatic N) is 1. The third kappa shape index (κ3) is 2.12. The van der Waals surface area contributed by atoms with Crippen LogP contribution in [0.5, 0.6) is 0 Å². The van der Waals surface area contributed by atoms with E-state index in [-0.39, 0.29) is 5.69 Å². The van der Waals surface area contributed by atoms with Gasteiger partial charge in [0.15, 0.2) is 0 Å². The van der Waals surface area contributed by atoms with Crippen LogP contribution < -0.4 is 5.32 Å². The summed E-state index contributed by atoms with van der Waals surface area (Å²) in [4.78, 5) is 10.3. The second-order valence-electron chi connectivity index (χ2n) is 2.38. The molecule has 1 N–H and O–H groups in total. The van der Waals surface area contributed by atoms with Crippen LogP contribution in [0.1, 0.15) is 0 Å². The van der Waals surface area contributed by atoms with E-state index in [9.17, 15) is 10.1 Å². The molecule has 0 aliphatic heterocycles. The van der Waals surface area contributed by atoms with E-state index in [1.54, 1.807) is 13.1 Å². The van der Waals surface area contributed by atoms with Crippen LogP contribution in [0.2, 0.25) is 5.02 Å². The molecular formula is C7H5BrClIN2O2. The molecule has 1 rings (SSSR count). The monoisotopic (exact) mass is 390 g/mol. The Labute approximate surface area is 107 Å². The van der Waals surface area contributed by atoms with Crippen LogP contribution in [0, 0.1) is 13.7 Å². The van der Waals surface area contributed by atoms with Crippen LogP contribution in [0.15, 0.2) is 10.5 Å². The molecule has 0 aliphatic rings. The second-order valence-corrected chi connectivity index (χ2v) is 4.75. The molecule has 0 aromatic heterocycles. The molecule has 1 aromatic rings. The first-order valence-corrected chi connectivity index (χ1v) is 5.73. The largest absolute Gasteiger partial charge is 0.382 e. The van der Waals surface area contributed by atoms with Crippen LogP contribution in [0.3, 0.4) is 0 Å². The number of nitro benzene ring substituents is 1. The van der Waals surface area contributed by atoms with Crippen molar-refractivity contribution in [2.24, 2.45) is 0 Å². The van der Waals surface area contributed by atoms with E-state index < -0.39 is 4.92 Å². The molecule has 0 amide bonds. The predicted molar refractivity (Wildman–Crippen MR) is 68.1 cm³/mol. The molecule has 1 aromatic carbocycles. The first kappa shape index (κ1) is 12.0. The first-order valence-electron chi connectivity index (χ1n) is 3.48. The SMILES string of the molecule is CNc1c(I)cc(Cl)c(Br)c1[N+](=O)[O-]. The molecule has 0 radical (unpaired) electrons. The quantitative estimate of drug-likeness (QED) is 0.362. The Bertz CT molecular complexity index is 400. The fraction of sp³-hybridized carbons (Fsp3) is 0.143. The highest BCUT2D eigenvalue weighted by Crippen LogP contribution is 2.41. The lowest BCUT2D eigenvalue weighted by molar-refractivity contribution is -0.384. The minimum atomic E-state index is -0.468. The van der Waals surface area contributed by atoms with Crippen LogP contribution in [-0.2, 0) is 0 Å². The van der Waals surface area contributed by atoms with Gasteiger partial charge in [0, 0.05) is 10.6 Å². The standard InChI is InChI=1S/C7H5BrClIN2O2/c1-11-6-4(10)2-3(9)5(8)7(6)12(13)14/h2,11H,1H3. The topological polar surface area (TPSA) is 55.2 Å². The molecule has 0 bridgehead atoms. The fourth-order valence-corrected chi connectivity index (χ4v) is 2.67. The predicted octanol–water partition coefficient (Wildman–Crippen LogP) is 3.66. The van der Waals surface area contributed by atoms with E-state index in [1.807, 2.05) is 22.6 Å². The number of rotatable bonds is 2. The fourth-order valence-electron chi connectivity index (χ4n) is 0.992. The Hall–Kier alpha value is -0.0800. The van der Waals surface area contributed by atoms with Gasteiger partial charge in [-0.1, -0.05) is 11.6 Å². The van der Waals surface area contributed by atoms with Gasteiger partial charge in [0.1, 0.15) is 10.2 Å². The van der Waals surface area contributed by atoms with Crippen molar-refractivity contribution in [3.8, 4) is 0 Å². The van der Waals surface area contributed by atoms with Crippen LogP contribution in [0.4, 0.5) is 11.4 Å². The molecule has 7 heteroatoms. The van der Waals surface area contributed by atoms with Gasteiger partial charge >= 0.3 is 5.69 Å². The van der Waals surface area contributed by atoms with Gasteiger partial charge in [0.2, 0.25) is 0 Å². The molecule has 76 valence electrons. The second kappa shape index (κ2) is 4.63. The summed E-state index contributed by atoms with van der Waals surface area (Å²) in [5, 5.41) is 13.9. The minimum absolute atomic E-state index is 0.0376. The van der Waals surface area contributed by atoms with Crippen molar-refractivity contribution in [1.29, 1.82) is 0 Å². The highest BCUT2D eigenvalue weighted by atomic mass is 127. The number of benzene rings is 1. The maximum absolute atomic E-state index is 10.8. The molecule has 0 aliphatic carbocycles. The molecule has 0 fully saturated rings. The Morgan fingerprint density at radius 3 is 2.71 bits per heavy atom. The molecule has 0 heterocycles. The zero-order chi connectivity index (χ0) is 10.9. The summed E-state index contributed by atoms with van der Waals surface area (Å²) in [6, 6.07) is 1.66. The molecule has 14 heavy (non-hydrogen) atoms. The van der Waals surface area contributed by atoms with Gasteiger partial charge in [0.25, 0.3) is 0 Å². The van der Waals surface area contributed by atoms with Crippen molar-refractivity contribution < 1.29 is 4.92 Å². The zero-order valence-corrected chi connectivity index (χ0v) is 11.5. The summed E-state index contributed by atoms with van der Waals surface area (Å²) in [7, 11) is 1.63. The van der Waals surface area contributed by atoms with E-state index in [4.69, 9.17) is 11.6 Å². The molecule has 0 unspecified atom stereocenters. The summed E-state index contributed by atoms with van der Waals surface area (Å²) < 4.78 is 1.01. The van der Waals surface area contributed by atoms with Gasteiger partial charge in [-0.05, 0) is 44.6 Å². The highest BCUT2D eigenvalue weighted by Gasteiger charge is 2.23. The Morgan fingerprint density at radius 2 is 2.29 bits per heavy atom. The van der Waals surface area contributed by atoms with Crippen molar-refractivity contribution in [3.63, 3.8) is 0 Å². The smallest absolute Gasteiger partial charge is 0.308 e. The van der Waals surface area contributed by atoms with Crippen molar-refractivity contribution in [3.05, 3.63) is 29.2 Å². The Morgan fingerprint density at radius 1 is 1.71 bits per heavy atom. The number of hydrogen-bond acceptors (Lipinski definition) is 3. The normalized spacial score (nSPS) is 10.0. The van der Waals surface area contributed by atoms with Crippen molar-refractivity contribution >= 4 is 61.5 Å². The van der Waals surface area contributed by atoms with Gasteiger partial charge in [-0.25, -0.2) is 0 Å². The van der Waals surface area contributed by atoms with Crippen LogP contribution >= 0.6 is 50.1 Å². The van der Waals surface area contributed by atoms with Crippen molar-refractivity contribution in [1.82, 2.24) is 0 Å². The van der Waals surface area contributed by atoms with Gasteiger partial charge in [0.05, 0.1) is 9.95 Å². The number of nitro groups is 1. The van der Waals surface area contributed by atoms with E-state index in [0.29, 0.717) is 18.8 Å². The third-order valence-electron chi connectivity index (χ3n) is 1.58. The Balaban J connectivity index is 3.56. The van der Waals surface area contributed by atoms with Crippen molar-refractivity contribution in [2.45, 2.75) is 0 Å². The first-order chi connectivity index (χ1) is 6.49. The maximum Gasteiger partial charge on any atom is 0.308 e. The number of anilines is 1. The molecule has 0 saturated heterocycles. The van der Waals surface area contributed by atoms with Gasteiger partial charge < -0.3 is 5.32 Å². The number of hydrogen-bond donors (Lipinski definition) is 1. The molecule has 0 atom stereocenters. The third-order valence-corrected chi connectivity index (χ3v) is 3.76. The maximum atomic E-state index is 10.8. The number of nitrogens with one attached hydrogen (secondary N) is 1. The summed E-state index contributed by atoms with van der Waals surface area (Å²) >= 11 is 10.9. The zero-order valence-electron chi connectivity index (χ0n) is 6.97. The average Bonchev–Trinajstić information content (AvgIpc) is 2.10. The van der Waals surface area contributed by atoms with E-state index in [0.717, 1.165) is 0 Å². The van der Waals surface area contributed by atoms with E-state index in [1.165, 1.54) is 0 Å². The lowest BCUT2D eigenvalue weighted by Crippen LogP contribution is -2.00. The van der Waals surface area contributed by atoms with Gasteiger partial charge in [-0.3, -0.25) is 10.1 Å². The summed E-state index contributed by atoms with van der Waals surface area (Å²) in [6.45, 7) is 0. The van der Waals surface area contributed by atoms with Crippen LogP contribution in [-0.4, -0.2) is 12.0 Å². The molecular weight excluding hydrogens is 386 g/mol. The molecule has 0 spiro atoms. The average molecular weight is 391 g/mol. The minimum Gasteiger partial charge on any atom is -0.382 e. The lowest BCUT2D eigenvalue weighted by atomic mass is 10.2. The summed E-state index contributed by atoms with van der Waals surface area (Å²) in [6.07, 6.45) is 0. The van der Waals surface area contributed by atoms with E-state index in [2.05, 4.69) is 21.2 Å². The molecule has 4 nitrogen and oxygen atoms in total. The van der Waals surface area contributed by atoms with Gasteiger partial charge in [-0.15, -0.1) is 0 Å². The Kier molecular flexibility index (Phi) is 3.96.